The van der Waals surface area contributed by atoms with Gasteiger partial charge in [-0.2, -0.15) is 0 Å². The molecule has 0 radical (unpaired) electrons. The lowest BCUT2D eigenvalue weighted by molar-refractivity contribution is -0.384. The average Bonchev–Trinajstić information content (AvgIpc) is 3.27. The van der Waals surface area contributed by atoms with E-state index in [0.29, 0.717) is 17.1 Å². The van der Waals surface area contributed by atoms with Crippen molar-refractivity contribution in [2.45, 2.75) is 25.8 Å². The summed E-state index contributed by atoms with van der Waals surface area (Å²) in [4.78, 5) is 26.7. The third-order valence-corrected chi connectivity index (χ3v) is 4.80. The monoisotopic (exact) mass is 393 g/mol. The van der Waals surface area contributed by atoms with Gasteiger partial charge < -0.3 is 10.6 Å². The lowest BCUT2D eigenvalue weighted by atomic mass is 10.1. The van der Waals surface area contributed by atoms with Gasteiger partial charge in [0.2, 0.25) is 11.7 Å². The molecule has 4 rings (SSSR count). The van der Waals surface area contributed by atoms with E-state index in [9.17, 15) is 14.9 Å². The summed E-state index contributed by atoms with van der Waals surface area (Å²) in [5.74, 6) is 0.0696. The van der Waals surface area contributed by atoms with E-state index < -0.39 is 4.92 Å². The highest BCUT2D eigenvalue weighted by atomic mass is 16.6. The Kier molecular flexibility index (Phi) is 4.67. The van der Waals surface area contributed by atoms with Crippen LogP contribution in [0.3, 0.4) is 0 Å². The van der Waals surface area contributed by atoms with Crippen LogP contribution in [0.1, 0.15) is 30.5 Å². The van der Waals surface area contributed by atoms with E-state index >= 15 is 0 Å². The Labute approximate surface area is 166 Å². The second kappa shape index (κ2) is 7.30. The van der Waals surface area contributed by atoms with Crippen molar-refractivity contribution in [3.05, 3.63) is 57.8 Å². The first-order chi connectivity index (χ1) is 13.9. The molecular weight excluding hydrogens is 374 g/mol. The number of nitro groups is 1. The third kappa shape index (κ3) is 3.77. The maximum Gasteiger partial charge on any atom is 0.311 e. The number of anilines is 2. The molecule has 10 heteroatoms. The number of rotatable bonds is 5. The van der Waals surface area contributed by atoms with E-state index in [2.05, 4.69) is 25.9 Å². The minimum Gasteiger partial charge on any atom is -0.350 e. The number of aromatic nitrogens is 4. The molecule has 1 atom stereocenters. The fourth-order valence-electron chi connectivity index (χ4n) is 3.53. The van der Waals surface area contributed by atoms with Crippen LogP contribution in [-0.4, -0.2) is 30.8 Å². The fraction of sp³-hybridized carbons (Fsp3) is 0.263. The highest BCUT2D eigenvalue weighted by Gasteiger charge is 2.24. The highest BCUT2D eigenvalue weighted by molar-refractivity contribution is 5.74. The molecule has 0 aliphatic heterocycles. The maximum atomic E-state index is 11.5. The quantitative estimate of drug-likeness (QED) is 0.504. The molecule has 0 saturated carbocycles. The second-order valence-corrected chi connectivity index (χ2v) is 6.93. The fourth-order valence-corrected chi connectivity index (χ4v) is 3.53. The maximum absolute atomic E-state index is 11.5. The number of hydrogen-bond acceptors (Lipinski definition) is 7. The summed E-state index contributed by atoms with van der Waals surface area (Å²) in [5.41, 5.74) is 3.74. The smallest absolute Gasteiger partial charge is 0.311 e. The Morgan fingerprint density at radius 3 is 2.79 bits per heavy atom. The number of nitrogens with one attached hydrogen (secondary N) is 2. The van der Waals surface area contributed by atoms with Gasteiger partial charge in [0.25, 0.3) is 0 Å². The number of benzene rings is 1. The zero-order valence-corrected chi connectivity index (χ0v) is 15.9. The van der Waals surface area contributed by atoms with Gasteiger partial charge in [-0.3, -0.25) is 19.6 Å². The normalized spacial score (nSPS) is 15.0. The van der Waals surface area contributed by atoms with Crippen molar-refractivity contribution in [2.75, 3.05) is 5.32 Å². The molecule has 29 heavy (non-hydrogen) atoms. The molecule has 0 bridgehead atoms. The van der Waals surface area contributed by atoms with Gasteiger partial charge in [-0.05, 0) is 42.2 Å². The number of hydrogen-bond donors (Lipinski definition) is 2. The molecule has 148 valence electrons. The second-order valence-electron chi connectivity index (χ2n) is 6.93. The van der Waals surface area contributed by atoms with E-state index in [0.717, 1.165) is 24.0 Å². The SMILES string of the molecule is CC(=O)N[C@H]1CCc2cc(Nc3nc(-c4cn(C)nn4)ccc3[N+](=O)[O-])ccc21. The topological polar surface area (TPSA) is 128 Å². The van der Waals surface area contributed by atoms with Gasteiger partial charge in [-0.25, -0.2) is 4.98 Å². The van der Waals surface area contributed by atoms with Crippen molar-refractivity contribution < 1.29 is 9.72 Å². The van der Waals surface area contributed by atoms with Crippen LogP contribution in [0.5, 0.6) is 0 Å². The van der Waals surface area contributed by atoms with E-state index in [-0.39, 0.29) is 23.5 Å². The largest absolute Gasteiger partial charge is 0.350 e. The Hall–Kier alpha value is -3.82. The van der Waals surface area contributed by atoms with Crippen molar-refractivity contribution in [3.63, 3.8) is 0 Å². The zero-order valence-electron chi connectivity index (χ0n) is 15.9. The lowest BCUT2D eigenvalue weighted by Crippen LogP contribution is -2.24. The molecule has 1 aliphatic carbocycles. The molecule has 2 aromatic heterocycles. The predicted molar refractivity (Wildman–Crippen MR) is 105 cm³/mol. The zero-order chi connectivity index (χ0) is 20.5. The number of fused-ring (bicyclic) bond motifs is 1. The average molecular weight is 393 g/mol. The number of carbonyl (C=O) groups excluding carboxylic acids is 1. The first-order valence-electron chi connectivity index (χ1n) is 9.10. The molecule has 0 spiro atoms. The molecule has 0 fully saturated rings. The van der Waals surface area contributed by atoms with Crippen molar-refractivity contribution in [1.29, 1.82) is 0 Å². The van der Waals surface area contributed by atoms with E-state index in [4.69, 9.17) is 0 Å². The summed E-state index contributed by atoms with van der Waals surface area (Å²) in [6.07, 6.45) is 3.35. The summed E-state index contributed by atoms with van der Waals surface area (Å²) in [6.45, 7) is 1.50. The number of aryl methyl sites for hydroxylation is 2. The molecule has 2 heterocycles. The molecule has 1 aromatic carbocycles. The summed E-state index contributed by atoms with van der Waals surface area (Å²) < 4.78 is 1.54. The summed E-state index contributed by atoms with van der Waals surface area (Å²) in [6, 6.07) is 8.66. The number of nitrogens with zero attached hydrogens (tertiary/aromatic N) is 5. The Morgan fingerprint density at radius 1 is 1.28 bits per heavy atom. The molecule has 0 unspecified atom stereocenters. The molecule has 1 amide bonds. The van der Waals surface area contributed by atoms with Crippen molar-refractivity contribution in [2.24, 2.45) is 7.05 Å². The van der Waals surface area contributed by atoms with Gasteiger partial charge in [0, 0.05) is 25.7 Å². The third-order valence-electron chi connectivity index (χ3n) is 4.80. The number of amides is 1. The highest BCUT2D eigenvalue weighted by Crippen LogP contribution is 2.35. The van der Waals surface area contributed by atoms with Crippen molar-refractivity contribution in [3.8, 4) is 11.4 Å². The lowest BCUT2D eigenvalue weighted by Gasteiger charge is -2.13. The van der Waals surface area contributed by atoms with Crippen molar-refractivity contribution >= 4 is 23.1 Å². The minimum atomic E-state index is -0.476. The molecule has 0 saturated heterocycles. The Morgan fingerprint density at radius 2 is 2.10 bits per heavy atom. The first kappa shape index (κ1) is 18.5. The van der Waals surface area contributed by atoms with E-state index in [1.54, 1.807) is 19.3 Å². The standard InChI is InChI=1S/C19H19N7O3/c1-11(27)20-15-6-3-12-9-13(4-5-14(12)15)21-19-18(26(28)29)8-7-16(22-19)17-10-25(2)24-23-17/h4-5,7-10,15H,3,6H2,1-2H3,(H,20,27)(H,21,22)/t15-/m0/s1. The molecule has 10 nitrogen and oxygen atoms in total. The molecular formula is C19H19N7O3. The van der Waals surface area contributed by atoms with Gasteiger partial charge >= 0.3 is 5.69 Å². The van der Waals surface area contributed by atoms with Crippen LogP contribution in [0.15, 0.2) is 36.5 Å². The van der Waals surface area contributed by atoms with Gasteiger partial charge in [-0.15, -0.1) is 5.10 Å². The summed E-state index contributed by atoms with van der Waals surface area (Å²) in [5, 5.41) is 25.3. The minimum absolute atomic E-state index is 0.00370. The van der Waals surface area contributed by atoms with E-state index in [1.807, 2.05) is 18.2 Å². The van der Waals surface area contributed by atoms with Gasteiger partial charge in [0.15, 0.2) is 0 Å². The van der Waals surface area contributed by atoms with Crippen LogP contribution < -0.4 is 10.6 Å². The summed E-state index contributed by atoms with van der Waals surface area (Å²) in [7, 11) is 1.74. The van der Waals surface area contributed by atoms with Crippen LogP contribution >= 0.6 is 0 Å². The van der Waals surface area contributed by atoms with Gasteiger partial charge in [0.1, 0.15) is 5.69 Å². The first-order valence-corrected chi connectivity index (χ1v) is 9.10. The van der Waals surface area contributed by atoms with Crippen LogP contribution in [0.4, 0.5) is 17.2 Å². The molecule has 2 N–H and O–H groups in total. The van der Waals surface area contributed by atoms with Crippen LogP contribution in [0.25, 0.3) is 11.4 Å². The van der Waals surface area contributed by atoms with Gasteiger partial charge in [-0.1, -0.05) is 11.3 Å². The van der Waals surface area contributed by atoms with Crippen LogP contribution in [0.2, 0.25) is 0 Å². The predicted octanol–water partition coefficient (Wildman–Crippen LogP) is 2.65. The van der Waals surface area contributed by atoms with Crippen LogP contribution in [0, 0.1) is 10.1 Å². The molecule has 1 aliphatic rings. The van der Waals surface area contributed by atoms with Crippen LogP contribution in [-0.2, 0) is 18.3 Å². The number of pyridine rings is 1. The van der Waals surface area contributed by atoms with Crippen molar-refractivity contribution in [1.82, 2.24) is 25.3 Å². The Bertz CT molecular complexity index is 1110. The van der Waals surface area contributed by atoms with E-state index in [1.165, 1.54) is 17.7 Å². The summed E-state index contributed by atoms with van der Waals surface area (Å²) >= 11 is 0. The molecule has 3 aromatic rings. The Balaban J connectivity index is 1.65. The number of carbonyl (C=O) groups is 1. The van der Waals surface area contributed by atoms with Gasteiger partial charge in [0.05, 0.1) is 22.9 Å².